The molecule has 0 amide bonds. The Balaban J connectivity index is 1.63. The second-order valence-corrected chi connectivity index (χ2v) is 7.07. The lowest BCUT2D eigenvalue weighted by Gasteiger charge is -2.14. The van der Waals surface area contributed by atoms with Crippen molar-refractivity contribution in [3.05, 3.63) is 114 Å². The third kappa shape index (κ3) is 5.94. The summed E-state index contributed by atoms with van der Waals surface area (Å²) in [6, 6.07) is 32.0. The van der Waals surface area contributed by atoms with E-state index in [0.29, 0.717) is 5.92 Å². The van der Waals surface area contributed by atoms with E-state index in [1.165, 1.54) is 28.7 Å². The van der Waals surface area contributed by atoms with Gasteiger partial charge in [0.2, 0.25) is 0 Å². The molecule has 0 fully saturated rings. The fraction of sp³-hybridized carbons (Fsp3) is 0.231. The first-order valence-corrected chi connectivity index (χ1v) is 9.92. The first kappa shape index (κ1) is 19.1. The van der Waals surface area contributed by atoms with Crippen LogP contribution < -0.4 is 5.73 Å². The topological polar surface area (TPSA) is 26.0 Å². The average molecular weight is 356 g/mol. The van der Waals surface area contributed by atoms with Gasteiger partial charge in [-0.25, -0.2) is 0 Å². The number of unbranched alkanes of at least 4 members (excludes halogenated alkanes) is 1. The van der Waals surface area contributed by atoms with Crippen LogP contribution in [0.4, 0.5) is 0 Å². The summed E-state index contributed by atoms with van der Waals surface area (Å²) in [5.41, 5.74) is 11.3. The van der Waals surface area contributed by atoms with Gasteiger partial charge >= 0.3 is 0 Å². The summed E-state index contributed by atoms with van der Waals surface area (Å²) in [4.78, 5) is 0. The average Bonchev–Trinajstić information content (AvgIpc) is 2.75. The van der Waals surface area contributed by atoms with Gasteiger partial charge in [0.1, 0.15) is 0 Å². The standard InChI is InChI=1S/C26H29N/c27-21-23(20-22-12-4-1-5-13-22)14-10-11-19-26(24-15-6-2-7-16-24)25-17-8-3-9-18-25/h1-9,12-13,15-19,23H,10-11,14,20-21,27H2. The van der Waals surface area contributed by atoms with Crippen LogP contribution in [0.2, 0.25) is 0 Å². The second-order valence-electron chi connectivity index (χ2n) is 7.07. The highest BCUT2D eigenvalue weighted by molar-refractivity contribution is 5.79. The SMILES string of the molecule is NCC(CCCC=C(c1ccccc1)c1ccccc1)Cc1ccccc1. The third-order valence-corrected chi connectivity index (χ3v) is 5.04. The lowest BCUT2D eigenvalue weighted by atomic mass is 9.92. The van der Waals surface area contributed by atoms with Crippen molar-refractivity contribution in [2.75, 3.05) is 6.54 Å². The summed E-state index contributed by atoms with van der Waals surface area (Å²) in [5, 5.41) is 0. The van der Waals surface area contributed by atoms with Gasteiger partial charge in [0.25, 0.3) is 0 Å². The first-order chi connectivity index (χ1) is 13.4. The Labute approximate surface area is 163 Å². The maximum absolute atomic E-state index is 6.03. The van der Waals surface area contributed by atoms with Crippen molar-refractivity contribution in [3.63, 3.8) is 0 Å². The van der Waals surface area contributed by atoms with Crippen molar-refractivity contribution in [2.45, 2.75) is 25.7 Å². The monoisotopic (exact) mass is 355 g/mol. The largest absolute Gasteiger partial charge is 0.330 e. The molecular weight excluding hydrogens is 326 g/mol. The van der Waals surface area contributed by atoms with Crippen LogP contribution in [-0.4, -0.2) is 6.54 Å². The van der Waals surface area contributed by atoms with Gasteiger partial charge in [0.05, 0.1) is 0 Å². The third-order valence-electron chi connectivity index (χ3n) is 5.04. The number of hydrogen-bond donors (Lipinski definition) is 1. The molecule has 0 heterocycles. The number of nitrogens with two attached hydrogens (primary N) is 1. The Morgan fingerprint density at radius 3 is 1.78 bits per heavy atom. The van der Waals surface area contributed by atoms with E-state index >= 15 is 0 Å². The number of hydrogen-bond acceptors (Lipinski definition) is 1. The lowest BCUT2D eigenvalue weighted by Crippen LogP contribution is -2.16. The molecule has 0 spiro atoms. The highest BCUT2D eigenvalue weighted by Crippen LogP contribution is 2.24. The predicted molar refractivity (Wildman–Crippen MR) is 117 cm³/mol. The molecule has 0 aliphatic rings. The van der Waals surface area contributed by atoms with Crippen LogP contribution in [0, 0.1) is 5.92 Å². The molecule has 138 valence electrons. The van der Waals surface area contributed by atoms with E-state index in [-0.39, 0.29) is 0 Å². The number of rotatable bonds is 9. The summed E-state index contributed by atoms with van der Waals surface area (Å²) in [5.74, 6) is 0.553. The van der Waals surface area contributed by atoms with E-state index in [2.05, 4.69) is 97.1 Å². The molecular formula is C26H29N. The molecule has 0 aliphatic carbocycles. The van der Waals surface area contributed by atoms with Gasteiger partial charge in [-0.3, -0.25) is 0 Å². The molecule has 2 N–H and O–H groups in total. The predicted octanol–water partition coefficient (Wildman–Crippen LogP) is 6.11. The van der Waals surface area contributed by atoms with Gasteiger partial charge in [-0.2, -0.15) is 0 Å². The smallest absolute Gasteiger partial charge is 0.00457 e. The van der Waals surface area contributed by atoms with Crippen LogP contribution in [0.3, 0.4) is 0 Å². The first-order valence-electron chi connectivity index (χ1n) is 9.92. The van der Waals surface area contributed by atoms with E-state index in [1.54, 1.807) is 0 Å². The minimum atomic E-state index is 0.553. The molecule has 3 rings (SSSR count). The molecule has 27 heavy (non-hydrogen) atoms. The summed E-state index contributed by atoms with van der Waals surface area (Å²) < 4.78 is 0. The highest BCUT2D eigenvalue weighted by atomic mass is 14.5. The summed E-state index contributed by atoms with van der Waals surface area (Å²) in [6.45, 7) is 0.753. The van der Waals surface area contributed by atoms with Crippen molar-refractivity contribution >= 4 is 5.57 Å². The van der Waals surface area contributed by atoms with Gasteiger partial charge in [-0.1, -0.05) is 97.1 Å². The maximum Gasteiger partial charge on any atom is -0.00457 e. The molecule has 1 nitrogen and oxygen atoms in total. The van der Waals surface area contributed by atoms with Crippen LogP contribution >= 0.6 is 0 Å². The Kier molecular flexibility index (Phi) is 7.44. The van der Waals surface area contributed by atoms with Gasteiger partial charge < -0.3 is 5.73 Å². The molecule has 0 aliphatic heterocycles. The fourth-order valence-corrected chi connectivity index (χ4v) is 3.54. The van der Waals surface area contributed by atoms with Crippen molar-refractivity contribution in [1.29, 1.82) is 0 Å². The van der Waals surface area contributed by atoms with E-state index in [9.17, 15) is 0 Å². The summed E-state index contributed by atoms with van der Waals surface area (Å²) in [7, 11) is 0. The lowest BCUT2D eigenvalue weighted by molar-refractivity contribution is 0.478. The molecule has 1 heteroatoms. The zero-order chi connectivity index (χ0) is 18.7. The highest BCUT2D eigenvalue weighted by Gasteiger charge is 2.08. The van der Waals surface area contributed by atoms with Crippen LogP contribution in [0.15, 0.2) is 97.1 Å². The quantitative estimate of drug-likeness (QED) is 0.461. The summed E-state index contributed by atoms with van der Waals surface area (Å²) >= 11 is 0. The minimum Gasteiger partial charge on any atom is -0.330 e. The molecule has 1 unspecified atom stereocenters. The van der Waals surface area contributed by atoms with Crippen LogP contribution in [0.5, 0.6) is 0 Å². The Morgan fingerprint density at radius 2 is 1.26 bits per heavy atom. The van der Waals surface area contributed by atoms with Gasteiger partial charge in [0, 0.05) is 0 Å². The molecule has 3 aromatic carbocycles. The van der Waals surface area contributed by atoms with E-state index < -0.39 is 0 Å². The van der Waals surface area contributed by atoms with Crippen LogP contribution in [-0.2, 0) is 6.42 Å². The number of allylic oxidation sites excluding steroid dienone is 1. The summed E-state index contributed by atoms with van der Waals surface area (Å²) in [6.07, 6.45) is 6.87. The normalized spacial score (nSPS) is 11.7. The zero-order valence-corrected chi connectivity index (χ0v) is 15.9. The molecule has 0 radical (unpaired) electrons. The molecule has 0 saturated heterocycles. The Hall–Kier alpha value is -2.64. The van der Waals surface area contributed by atoms with Gasteiger partial charge in [-0.15, -0.1) is 0 Å². The van der Waals surface area contributed by atoms with Crippen LogP contribution in [0.25, 0.3) is 5.57 Å². The minimum absolute atomic E-state index is 0.553. The van der Waals surface area contributed by atoms with Gasteiger partial charge in [-0.05, 0) is 60.4 Å². The molecule has 1 atom stereocenters. The zero-order valence-electron chi connectivity index (χ0n) is 15.9. The van der Waals surface area contributed by atoms with Crippen molar-refractivity contribution in [1.82, 2.24) is 0 Å². The van der Waals surface area contributed by atoms with Gasteiger partial charge in [0.15, 0.2) is 0 Å². The van der Waals surface area contributed by atoms with Crippen molar-refractivity contribution < 1.29 is 0 Å². The second kappa shape index (κ2) is 10.5. The maximum atomic E-state index is 6.03. The molecule has 0 bridgehead atoms. The molecule has 3 aromatic rings. The number of benzene rings is 3. The van der Waals surface area contributed by atoms with E-state index in [1.807, 2.05) is 0 Å². The van der Waals surface area contributed by atoms with E-state index in [0.717, 1.165) is 25.8 Å². The Bertz CT molecular complexity index is 765. The molecule has 0 saturated carbocycles. The fourth-order valence-electron chi connectivity index (χ4n) is 3.54. The van der Waals surface area contributed by atoms with Crippen LogP contribution in [0.1, 0.15) is 36.0 Å². The van der Waals surface area contributed by atoms with Crippen molar-refractivity contribution in [2.24, 2.45) is 11.7 Å². The van der Waals surface area contributed by atoms with Crippen molar-refractivity contribution in [3.8, 4) is 0 Å². The van der Waals surface area contributed by atoms with E-state index in [4.69, 9.17) is 5.73 Å². The Morgan fingerprint density at radius 1 is 0.741 bits per heavy atom. The molecule has 0 aromatic heterocycles.